The third-order valence-corrected chi connectivity index (χ3v) is 28.1. The van der Waals surface area contributed by atoms with Crippen molar-refractivity contribution in [1.29, 1.82) is 0 Å². The van der Waals surface area contributed by atoms with E-state index in [0.29, 0.717) is 0 Å². The van der Waals surface area contributed by atoms with Gasteiger partial charge in [0, 0.05) is 84.2 Å². The van der Waals surface area contributed by atoms with Crippen LogP contribution in [0.15, 0.2) is 324 Å². The molecule has 7 heteroatoms. The first-order chi connectivity index (χ1) is 61.9. The van der Waals surface area contributed by atoms with Crippen LogP contribution in [0.4, 0.5) is 68.2 Å². The van der Waals surface area contributed by atoms with E-state index >= 15 is 0 Å². The number of anilines is 12. The van der Waals surface area contributed by atoms with Gasteiger partial charge in [0.05, 0.1) is 22.2 Å². The van der Waals surface area contributed by atoms with Crippen molar-refractivity contribution in [3.8, 4) is 11.1 Å². The van der Waals surface area contributed by atoms with Crippen LogP contribution < -0.4 is 36.0 Å². The van der Waals surface area contributed by atoms with E-state index in [1.807, 2.05) is 0 Å². The van der Waals surface area contributed by atoms with Gasteiger partial charge >= 0.3 is 0 Å². The Bertz CT molecular complexity index is 6940. The molecule has 0 radical (unpaired) electrons. The molecule has 6 nitrogen and oxygen atoms in total. The third-order valence-electron chi connectivity index (χ3n) is 28.1. The maximum Gasteiger partial charge on any atom is 0.252 e. The molecule has 0 saturated carbocycles. The smallest absolute Gasteiger partial charge is 0.252 e. The maximum absolute atomic E-state index is 7.57. The number of rotatable bonds is 10. The van der Waals surface area contributed by atoms with Crippen molar-refractivity contribution in [3.05, 3.63) is 388 Å². The lowest BCUT2D eigenvalue weighted by atomic mass is 9.33. The van der Waals surface area contributed by atoms with Gasteiger partial charge in [0.2, 0.25) is 0 Å². The zero-order valence-electron chi connectivity index (χ0n) is 81.7. The zero-order valence-corrected chi connectivity index (χ0v) is 81.7. The summed E-state index contributed by atoms with van der Waals surface area (Å²) in [5, 5.41) is 4.21. The maximum atomic E-state index is 7.57. The minimum absolute atomic E-state index is 0.0240. The number of hydrogen-bond donors (Lipinski definition) is 0. The minimum atomic E-state index is -0.883. The molecule has 131 heavy (non-hydrogen) atoms. The second kappa shape index (κ2) is 31.5. The highest BCUT2D eigenvalue weighted by Crippen LogP contribution is 2.65. The van der Waals surface area contributed by atoms with Crippen LogP contribution in [0.25, 0.3) is 55.0 Å². The normalized spacial score (nSPS) is 13.9. The summed E-state index contributed by atoms with van der Waals surface area (Å²) in [6, 6.07) is 119. The highest BCUT2D eigenvalue weighted by molar-refractivity contribution is 7.00. The minimum Gasteiger partial charge on any atom is -0.455 e. The number of fused-ring (bicyclic) bond motifs is 15. The van der Waals surface area contributed by atoms with Crippen LogP contribution in [0.3, 0.4) is 0 Å². The number of para-hydroxylation sites is 2. The molecular formula is C124H127BN4O2. The summed E-state index contributed by atoms with van der Waals surface area (Å²) in [5.74, 6) is 0. The predicted octanol–water partition coefficient (Wildman–Crippen LogP) is 33.2. The summed E-state index contributed by atoms with van der Waals surface area (Å²) in [6.45, 7) is 57.5. The fraction of sp³-hybridized carbons (Fsp3) is 0.274. The summed E-state index contributed by atoms with van der Waals surface area (Å²) in [5.41, 5.74) is 38.9. The summed E-state index contributed by atoms with van der Waals surface area (Å²) in [7, 11) is 0. The molecule has 2 aliphatic heterocycles. The molecule has 0 fully saturated rings. The SMILES string of the molecule is CC(C)(C)c1ccc(N(c2ccc(C(C)(C)C)cc2)c2cc3c(c4c2oc2ccccc24)-c2c(cc(N(c4ccc(C(C)(C)C)cc4)c4ccc(C(C)(C)C)cc4)c4c2oc2ccccc24)C3(c2ccccc2)c2ccccc2)cc1.Cc1cc2c3c(c1)N(c1ccc(C(C)(C)C)cc1)c1ccc(C(C)(C)C)cc1B3c1cc(C(C)(C)C)ccc1N2c1ccc(C(C)(C)C)cc1. The topological polar surface area (TPSA) is 39.2 Å². The van der Waals surface area contributed by atoms with Crippen molar-refractivity contribution in [3.63, 3.8) is 0 Å². The highest BCUT2D eigenvalue weighted by Gasteiger charge is 2.52. The molecule has 17 aromatic rings. The van der Waals surface area contributed by atoms with E-state index in [1.165, 1.54) is 101 Å². The molecule has 0 amide bonds. The van der Waals surface area contributed by atoms with Crippen molar-refractivity contribution in [2.75, 3.05) is 19.6 Å². The zero-order chi connectivity index (χ0) is 92.5. The number of nitrogens with zero attached hydrogens (tertiary/aromatic N) is 4. The molecule has 0 N–H and O–H groups in total. The Morgan fingerprint density at radius 1 is 0.267 bits per heavy atom. The van der Waals surface area contributed by atoms with E-state index in [9.17, 15) is 0 Å². The largest absolute Gasteiger partial charge is 0.455 e. The lowest BCUT2D eigenvalue weighted by molar-refractivity contribution is 0.590. The Kier molecular flexibility index (Phi) is 21.0. The Balaban J connectivity index is 0.000000190. The van der Waals surface area contributed by atoms with Crippen LogP contribution in [0.1, 0.15) is 238 Å². The van der Waals surface area contributed by atoms with Gasteiger partial charge < -0.3 is 28.4 Å². The molecule has 0 saturated heterocycles. The molecule has 3 aliphatic rings. The van der Waals surface area contributed by atoms with E-state index in [0.717, 1.165) is 111 Å². The van der Waals surface area contributed by atoms with Crippen LogP contribution in [0.5, 0.6) is 0 Å². The first-order valence-corrected chi connectivity index (χ1v) is 47.3. The molecule has 1 aliphatic carbocycles. The summed E-state index contributed by atoms with van der Waals surface area (Å²) < 4.78 is 15.0. The Hall–Kier alpha value is -12.8. The second-order valence-electron chi connectivity index (χ2n) is 45.5. The van der Waals surface area contributed by atoms with Gasteiger partial charge in [0.25, 0.3) is 6.71 Å². The quantitative estimate of drug-likeness (QED) is 0.127. The second-order valence-corrected chi connectivity index (χ2v) is 45.5. The van der Waals surface area contributed by atoms with Gasteiger partial charge in [-0.05, 0) is 260 Å². The van der Waals surface area contributed by atoms with E-state index in [2.05, 4.69) is 508 Å². The monoisotopic (exact) mass is 1720 g/mol. The summed E-state index contributed by atoms with van der Waals surface area (Å²) in [4.78, 5) is 9.98. The van der Waals surface area contributed by atoms with Crippen LogP contribution in [0.2, 0.25) is 0 Å². The van der Waals surface area contributed by atoms with Crippen LogP contribution in [-0.2, 0) is 48.7 Å². The van der Waals surface area contributed by atoms with Crippen LogP contribution in [0, 0.1) is 6.92 Å². The summed E-state index contributed by atoms with van der Waals surface area (Å²) in [6.07, 6.45) is 0. The van der Waals surface area contributed by atoms with Gasteiger partial charge in [0.1, 0.15) is 16.7 Å². The van der Waals surface area contributed by atoms with E-state index < -0.39 is 5.41 Å². The van der Waals surface area contributed by atoms with Gasteiger partial charge in [0.15, 0.2) is 5.58 Å². The van der Waals surface area contributed by atoms with Crippen molar-refractivity contribution in [2.24, 2.45) is 0 Å². The Morgan fingerprint density at radius 3 is 0.924 bits per heavy atom. The highest BCUT2D eigenvalue weighted by atomic mass is 16.3. The number of hydrogen-bond acceptors (Lipinski definition) is 6. The van der Waals surface area contributed by atoms with Gasteiger partial charge in [-0.15, -0.1) is 0 Å². The summed E-state index contributed by atoms with van der Waals surface area (Å²) >= 11 is 0. The predicted molar refractivity (Wildman–Crippen MR) is 562 cm³/mol. The molecule has 658 valence electrons. The lowest BCUT2D eigenvalue weighted by Gasteiger charge is -2.45. The fourth-order valence-corrected chi connectivity index (χ4v) is 20.7. The molecule has 0 atom stereocenters. The van der Waals surface area contributed by atoms with Crippen molar-refractivity contribution in [2.45, 2.75) is 222 Å². The van der Waals surface area contributed by atoms with Crippen molar-refractivity contribution in [1.82, 2.24) is 0 Å². The molecule has 20 rings (SSSR count). The van der Waals surface area contributed by atoms with Crippen LogP contribution >= 0.6 is 0 Å². The van der Waals surface area contributed by atoms with E-state index in [4.69, 9.17) is 8.83 Å². The third kappa shape index (κ3) is 15.3. The first-order valence-electron chi connectivity index (χ1n) is 47.3. The van der Waals surface area contributed by atoms with Gasteiger partial charge in [-0.2, -0.15) is 0 Å². The van der Waals surface area contributed by atoms with Crippen molar-refractivity contribution >= 4 is 135 Å². The fourth-order valence-electron chi connectivity index (χ4n) is 20.7. The molecule has 15 aromatic carbocycles. The molecule has 0 bridgehead atoms. The standard InChI is InChI=1S/C77H72N2O2.C47H55BN2/c1-73(2,3)49-31-39-55(40-32-49)78(56-41-33-50(34-42-56)74(4,5)6)63-47-62-70(72-67(63)59-27-19-21-29-65(59)81-72)69-61(77(62,53-23-15-13-16-24-53)54-25-17-14-18-26-54)48-64(71-68(69)60-28-20-22-30-66(60)80-71)79(57-43-35-51(36-44-57)75(7,8)9)58-45-37-52(38-46-58)76(10,11)12;1-30-26-41-43-42(27-30)50(36-22-16-32(17-23-36)45(5,6)7)40-25-19-34(47(11,12)13)29-38(40)48(43)37-28-33(46(8,9)10)18-24-39(37)49(41)35-20-14-31(15-21-35)44(2,3)4/h13-48H,1-12H3;14-29H,1-13H3. The average molecular weight is 1720 g/mol. The van der Waals surface area contributed by atoms with Gasteiger partial charge in [-0.1, -0.05) is 360 Å². The number of furan rings is 2. The average Bonchev–Trinajstić information content (AvgIpc) is 1.50. The first kappa shape index (κ1) is 87.5. The van der Waals surface area contributed by atoms with E-state index in [-0.39, 0.29) is 50.0 Å². The lowest BCUT2D eigenvalue weighted by Crippen LogP contribution is -2.61. The molecule has 0 spiro atoms. The Morgan fingerprint density at radius 2 is 0.565 bits per heavy atom. The van der Waals surface area contributed by atoms with E-state index in [1.54, 1.807) is 0 Å². The number of benzene rings is 15. The molecule has 2 aromatic heterocycles. The molecule has 0 unspecified atom stereocenters. The van der Waals surface area contributed by atoms with Crippen LogP contribution in [-0.4, -0.2) is 6.71 Å². The molecular weight excluding hydrogens is 1590 g/mol. The Labute approximate surface area is 779 Å². The molecule has 4 heterocycles. The van der Waals surface area contributed by atoms with Gasteiger partial charge in [-0.25, -0.2) is 0 Å². The van der Waals surface area contributed by atoms with Crippen molar-refractivity contribution < 1.29 is 8.83 Å². The van der Waals surface area contributed by atoms with Gasteiger partial charge in [-0.3, -0.25) is 0 Å². The number of aryl methyl sites for hydroxylation is 1.